The molecule has 134 valence electrons. The Kier molecular flexibility index (Phi) is 4.48. The molecule has 1 atom stereocenters. The van der Waals surface area contributed by atoms with Gasteiger partial charge in [0.05, 0.1) is 0 Å². The molecule has 1 N–H and O–H groups in total. The maximum absolute atomic E-state index is 13.1. The molecule has 2 aliphatic rings. The zero-order chi connectivity index (χ0) is 17.9. The molecule has 2 aromatic rings. The van der Waals surface area contributed by atoms with Crippen molar-refractivity contribution in [2.75, 3.05) is 26.3 Å². The number of ether oxygens (including phenoxy) is 2. The number of piperazine rings is 1. The smallest absolute Gasteiger partial charge is 0.254 e. The molecule has 0 aromatic heterocycles. The molecular weight excluding hydrogens is 332 g/mol. The lowest BCUT2D eigenvalue weighted by molar-refractivity contribution is -0.127. The number of nitrogens with one attached hydrogen (secondary N) is 1. The van der Waals surface area contributed by atoms with Crippen LogP contribution in [-0.4, -0.2) is 49.1 Å². The summed E-state index contributed by atoms with van der Waals surface area (Å²) >= 11 is 0. The predicted molar refractivity (Wildman–Crippen MR) is 95.4 cm³/mol. The lowest BCUT2D eigenvalue weighted by Gasteiger charge is -2.35. The molecule has 6 heteroatoms. The number of hydrogen-bond acceptors (Lipinski definition) is 4. The minimum absolute atomic E-state index is 0.119. The van der Waals surface area contributed by atoms with E-state index in [2.05, 4.69) is 5.32 Å². The summed E-state index contributed by atoms with van der Waals surface area (Å²) in [5.41, 5.74) is 1.52. The Morgan fingerprint density at radius 3 is 2.65 bits per heavy atom. The Hall–Kier alpha value is -3.02. The van der Waals surface area contributed by atoms with Crippen molar-refractivity contribution in [2.24, 2.45) is 0 Å². The highest BCUT2D eigenvalue weighted by molar-refractivity contribution is 5.98. The van der Waals surface area contributed by atoms with Crippen LogP contribution >= 0.6 is 0 Å². The van der Waals surface area contributed by atoms with E-state index in [1.807, 2.05) is 30.3 Å². The van der Waals surface area contributed by atoms with Crippen LogP contribution in [0.5, 0.6) is 11.5 Å². The Morgan fingerprint density at radius 1 is 1.08 bits per heavy atom. The van der Waals surface area contributed by atoms with E-state index >= 15 is 0 Å². The van der Waals surface area contributed by atoms with Crippen molar-refractivity contribution < 1.29 is 19.1 Å². The van der Waals surface area contributed by atoms with Gasteiger partial charge < -0.3 is 19.7 Å². The van der Waals surface area contributed by atoms with E-state index in [9.17, 15) is 9.59 Å². The van der Waals surface area contributed by atoms with Gasteiger partial charge in [-0.25, -0.2) is 0 Å². The number of hydrogen-bond donors (Lipinski definition) is 1. The van der Waals surface area contributed by atoms with E-state index in [-0.39, 0.29) is 11.8 Å². The average molecular weight is 352 g/mol. The molecule has 26 heavy (non-hydrogen) atoms. The highest BCUT2D eigenvalue weighted by Crippen LogP contribution is 2.31. The minimum atomic E-state index is -0.521. The van der Waals surface area contributed by atoms with Gasteiger partial charge in [0, 0.05) is 25.1 Å². The lowest BCUT2D eigenvalue weighted by Crippen LogP contribution is -2.58. The van der Waals surface area contributed by atoms with Crippen LogP contribution in [0.15, 0.2) is 48.5 Å². The summed E-state index contributed by atoms with van der Waals surface area (Å²) in [5, 5.41) is 2.86. The fourth-order valence-corrected chi connectivity index (χ4v) is 3.34. The van der Waals surface area contributed by atoms with Gasteiger partial charge >= 0.3 is 0 Å². The molecule has 2 aromatic carbocycles. The van der Waals surface area contributed by atoms with Crippen molar-refractivity contribution in [3.8, 4) is 11.5 Å². The molecule has 0 radical (unpaired) electrons. The van der Waals surface area contributed by atoms with E-state index in [0.717, 1.165) is 5.56 Å². The van der Waals surface area contributed by atoms with Crippen molar-refractivity contribution >= 4 is 11.8 Å². The molecule has 0 spiro atoms. The Bertz CT molecular complexity index is 822. The molecule has 1 unspecified atom stereocenters. The Morgan fingerprint density at radius 2 is 1.85 bits per heavy atom. The van der Waals surface area contributed by atoms with Crippen LogP contribution < -0.4 is 14.8 Å². The molecule has 2 aliphatic heterocycles. The first-order chi connectivity index (χ1) is 12.7. The molecule has 2 heterocycles. The number of carbonyl (C=O) groups is 2. The summed E-state index contributed by atoms with van der Waals surface area (Å²) in [6.07, 6.45) is 0.489. The van der Waals surface area contributed by atoms with E-state index in [1.165, 1.54) is 0 Å². The molecule has 1 fully saturated rings. The van der Waals surface area contributed by atoms with Crippen LogP contribution in [0.25, 0.3) is 0 Å². The van der Waals surface area contributed by atoms with Gasteiger partial charge in [-0.15, -0.1) is 0 Å². The maximum Gasteiger partial charge on any atom is 0.254 e. The van der Waals surface area contributed by atoms with Gasteiger partial charge in [-0.2, -0.15) is 0 Å². The summed E-state index contributed by atoms with van der Waals surface area (Å²) < 4.78 is 11.1. The summed E-state index contributed by atoms with van der Waals surface area (Å²) in [4.78, 5) is 27.2. The first-order valence-corrected chi connectivity index (χ1v) is 8.74. The first-order valence-electron chi connectivity index (χ1n) is 8.74. The summed E-state index contributed by atoms with van der Waals surface area (Å²) in [7, 11) is 0. The van der Waals surface area contributed by atoms with E-state index in [1.54, 1.807) is 23.1 Å². The largest absolute Gasteiger partial charge is 0.486 e. The second-order valence-electron chi connectivity index (χ2n) is 6.35. The van der Waals surface area contributed by atoms with E-state index < -0.39 is 6.04 Å². The first kappa shape index (κ1) is 16.4. The standard InChI is InChI=1S/C20H20N2O4/c23-19-16(12-14-4-2-1-3-5-14)22(9-8-21-19)20(24)15-6-7-17-18(13-15)26-11-10-25-17/h1-7,13,16H,8-12H2,(H,21,23). The van der Waals surface area contributed by atoms with Crippen molar-refractivity contribution in [1.29, 1.82) is 0 Å². The highest BCUT2D eigenvalue weighted by atomic mass is 16.6. The molecule has 2 amide bonds. The van der Waals surface area contributed by atoms with Crippen LogP contribution in [0, 0.1) is 0 Å². The molecule has 0 aliphatic carbocycles. The Labute approximate surface area is 151 Å². The molecular formula is C20H20N2O4. The van der Waals surface area contributed by atoms with Gasteiger partial charge in [-0.3, -0.25) is 9.59 Å². The normalized spacial score (nSPS) is 19.0. The minimum Gasteiger partial charge on any atom is -0.486 e. The number of fused-ring (bicyclic) bond motifs is 1. The van der Waals surface area contributed by atoms with E-state index in [4.69, 9.17) is 9.47 Å². The van der Waals surface area contributed by atoms with Crippen molar-refractivity contribution in [3.63, 3.8) is 0 Å². The van der Waals surface area contributed by atoms with Gasteiger partial charge in [0.15, 0.2) is 11.5 Å². The quantitative estimate of drug-likeness (QED) is 0.912. The molecule has 6 nitrogen and oxygen atoms in total. The number of amides is 2. The summed E-state index contributed by atoms with van der Waals surface area (Å²) in [6.45, 7) is 1.91. The van der Waals surface area contributed by atoms with Gasteiger partial charge in [0.1, 0.15) is 19.3 Å². The topological polar surface area (TPSA) is 67.9 Å². The maximum atomic E-state index is 13.1. The number of benzene rings is 2. The van der Waals surface area contributed by atoms with Gasteiger partial charge in [0.25, 0.3) is 5.91 Å². The van der Waals surface area contributed by atoms with Crippen LogP contribution in [0.3, 0.4) is 0 Å². The average Bonchev–Trinajstić information content (AvgIpc) is 2.69. The second-order valence-corrected chi connectivity index (χ2v) is 6.35. The lowest BCUT2D eigenvalue weighted by atomic mass is 10.0. The molecule has 0 saturated carbocycles. The summed E-state index contributed by atoms with van der Waals surface area (Å²) in [6, 6.07) is 14.4. The van der Waals surface area contributed by atoms with Crippen molar-refractivity contribution in [3.05, 3.63) is 59.7 Å². The fourth-order valence-electron chi connectivity index (χ4n) is 3.34. The SMILES string of the molecule is O=C1NCCN(C(=O)c2ccc3c(c2)OCCO3)C1Cc1ccccc1. The van der Waals surface area contributed by atoms with Crippen LogP contribution in [0.4, 0.5) is 0 Å². The van der Waals surface area contributed by atoms with Gasteiger partial charge in [0.2, 0.25) is 5.91 Å². The number of nitrogens with zero attached hydrogens (tertiary/aromatic N) is 1. The number of rotatable bonds is 3. The second kappa shape index (κ2) is 7.07. The fraction of sp³-hybridized carbons (Fsp3) is 0.300. The van der Waals surface area contributed by atoms with Crippen molar-refractivity contribution in [1.82, 2.24) is 10.2 Å². The Balaban J connectivity index is 1.59. The third-order valence-electron chi connectivity index (χ3n) is 4.65. The third-order valence-corrected chi connectivity index (χ3v) is 4.65. The number of carbonyl (C=O) groups excluding carboxylic acids is 2. The summed E-state index contributed by atoms with van der Waals surface area (Å²) in [5.74, 6) is 0.928. The van der Waals surface area contributed by atoms with Crippen LogP contribution in [0.2, 0.25) is 0 Å². The van der Waals surface area contributed by atoms with Gasteiger partial charge in [-0.1, -0.05) is 30.3 Å². The third kappa shape index (κ3) is 3.22. The van der Waals surface area contributed by atoms with Gasteiger partial charge in [-0.05, 0) is 23.8 Å². The molecule has 0 bridgehead atoms. The van der Waals surface area contributed by atoms with Crippen LogP contribution in [0.1, 0.15) is 15.9 Å². The zero-order valence-electron chi connectivity index (χ0n) is 14.3. The molecule has 1 saturated heterocycles. The predicted octanol–water partition coefficient (Wildman–Crippen LogP) is 1.64. The molecule has 4 rings (SSSR count). The highest BCUT2D eigenvalue weighted by Gasteiger charge is 2.34. The van der Waals surface area contributed by atoms with Crippen LogP contribution in [-0.2, 0) is 11.2 Å². The zero-order valence-corrected chi connectivity index (χ0v) is 14.3. The van der Waals surface area contributed by atoms with E-state index in [0.29, 0.717) is 49.8 Å². The monoisotopic (exact) mass is 352 g/mol. The van der Waals surface area contributed by atoms with Crippen molar-refractivity contribution in [2.45, 2.75) is 12.5 Å².